The number of imidazole rings is 1. The Hall–Kier alpha value is -1.87. The number of aryl methyl sites for hydroxylation is 1. The van der Waals surface area contributed by atoms with Gasteiger partial charge < -0.3 is 15.0 Å². The lowest BCUT2D eigenvalue weighted by Crippen LogP contribution is -2.24. The van der Waals surface area contributed by atoms with Gasteiger partial charge in [0.15, 0.2) is 11.6 Å². The first kappa shape index (κ1) is 15.5. The number of halogens is 1. The molecular weight excluding hydrogens is 299 g/mol. The molecule has 0 radical (unpaired) electrons. The van der Waals surface area contributed by atoms with E-state index < -0.39 is 15.8 Å². The van der Waals surface area contributed by atoms with Gasteiger partial charge in [0.25, 0.3) is 0 Å². The van der Waals surface area contributed by atoms with Gasteiger partial charge in [-0.05, 0) is 6.42 Å². The highest BCUT2D eigenvalue weighted by Gasteiger charge is 2.13. The fourth-order valence-electron chi connectivity index (χ4n) is 2.03. The summed E-state index contributed by atoms with van der Waals surface area (Å²) in [5.74, 6) is -0.150. The van der Waals surface area contributed by atoms with E-state index in [-0.39, 0.29) is 18.2 Å². The Morgan fingerprint density at radius 1 is 1.48 bits per heavy atom. The lowest BCUT2D eigenvalue weighted by molar-refractivity contribution is 0.387. The number of nitrogens with two attached hydrogens (primary N) is 1. The first-order valence-electron chi connectivity index (χ1n) is 6.25. The van der Waals surface area contributed by atoms with Crippen molar-refractivity contribution in [1.29, 1.82) is 0 Å². The molecule has 0 amide bonds. The minimum atomic E-state index is -3.21. The summed E-state index contributed by atoms with van der Waals surface area (Å²) >= 11 is 0. The summed E-state index contributed by atoms with van der Waals surface area (Å²) in [6.07, 6.45) is 1.63. The Morgan fingerprint density at radius 3 is 2.81 bits per heavy atom. The molecule has 116 valence electrons. The van der Waals surface area contributed by atoms with Gasteiger partial charge in [0.05, 0.1) is 24.4 Å². The molecule has 9 heteroatoms. The number of aromatic nitrogens is 2. The van der Waals surface area contributed by atoms with Crippen LogP contribution >= 0.6 is 0 Å². The second-order valence-electron chi connectivity index (χ2n) is 4.62. The Bertz CT molecular complexity index is 757. The zero-order valence-electron chi connectivity index (χ0n) is 11.8. The van der Waals surface area contributed by atoms with E-state index in [0.717, 1.165) is 6.26 Å². The molecule has 0 spiro atoms. The molecule has 0 aliphatic heterocycles. The van der Waals surface area contributed by atoms with E-state index in [0.29, 0.717) is 24.0 Å². The zero-order chi connectivity index (χ0) is 15.6. The average Bonchev–Trinajstić information content (AvgIpc) is 2.67. The Kier molecular flexibility index (Phi) is 4.33. The van der Waals surface area contributed by atoms with Crippen LogP contribution in [-0.2, 0) is 16.6 Å². The number of hydrogen-bond donors (Lipinski definition) is 2. The number of methoxy groups -OCH3 is 1. The van der Waals surface area contributed by atoms with Crippen molar-refractivity contribution in [2.45, 2.75) is 13.0 Å². The van der Waals surface area contributed by atoms with Crippen LogP contribution in [0.15, 0.2) is 12.1 Å². The van der Waals surface area contributed by atoms with Crippen LogP contribution in [0.3, 0.4) is 0 Å². The number of nitrogens with zero attached hydrogens (tertiary/aromatic N) is 2. The number of fused-ring (bicyclic) bond motifs is 1. The van der Waals surface area contributed by atoms with Gasteiger partial charge in [0, 0.05) is 25.2 Å². The standard InChI is InChI=1S/C12H17FN4O3S/c1-20-11-7-10-9(6-8(11)13)16-12(14)17(10)5-3-4-15-21(2,18)19/h6-7,15H,3-5H2,1-2H3,(H2,14,16). The lowest BCUT2D eigenvalue weighted by Gasteiger charge is -2.08. The highest BCUT2D eigenvalue weighted by molar-refractivity contribution is 7.88. The van der Waals surface area contributed by atoms with Gasteiger partial charge in [-0.1, -0.05) is 0 Å². The quantitative estimate of drug-likeness (QED) is 0.765. The Labute approximate surface area is 122 Å². The fraction of sp³-hybridized carbons (Fsp3) is 0.417. The van der Waals surface area contributed by atoms with E-state index in [2.05, 4.69) is 9.71 Å². The molecule has 3 N–H and O–H groups in total. The average molecular weight is 316 g/mol. The molecule has 0 bridgehead atoms. The van der Waals surface area contributed by atoms with Crippen molar-refractivity contribution in [3.05, 3.63) is 17.9 Å². The number of hydrogen-bond acceptors (Lipinski definition) is 5. The summed E-state index contributed by atoms with van der Waals surface area (Å²) in [4.78, 5) is 4.08. The maximum absolute atomic E-state index is 13.6. The number of anilines is 1. The van der Waals surface area contributed by atoms with Crippen molar-refractivity contribution < 1.29 is 17.5 Å². The highest BCUT2D eigenvalue weighted by atomic mass is 32.2. The Balaban J connectivity index is 2.21. The van der Waals surface area contributed by atoms with Crippen molar-refractivity contribution in [3.8, 4) is 5.75 Å². The van der Waals surface area contributed by atoms with Crippen molar-refractivity contribution in [2.75, 3.05) is 25.6 Å². The third kappa shape index (κ3) is 3.61. The number of sulfonamides is 1. The summed E-state index contributed by atoms with van der Waals surface area (Å²) in [5, 5.41) is 0. The van der Waals surface area contributed by atoms with E-state index in [9.17, 15) is 12.8 Å². The van der Waals surface area contributed by atoms with Crippen molar-refractivity contribution in [1.82, 2.24) is 14.3 Å². The maximum atomic E-state index is 13.6. The number of nitrogen functional groups attached to an aromatic ring is 1. The molecular formula is C12H17FN4O3S. The second kappa shape index (κ2) is 5.86. The molecule has 0 fully saturated rings. The zero-order valence-corrected chi connectivity index (χ0v) is 12.6. The summed E-state index contributed by atoms with van der Waals surface area (Å²) < 4.78 is 44.6. The van der Waals surface area contributed by atoms with Gasteiger partial charge in [-0.25, -0.2) is 22.5 Å². The SMILES string of the molecule is COc1cc2c(cc1F)nc(N)n2CCCNS(C)(=O)=O. The predicted octanol–water partition coefficient (Wildman–Crippen LogP) is 0.705. The summed E-state index contributed by atoms with van der Waals surface area (Å²) in [5.41, 5.74) is 6.89. The van der Waals surface area contributed by atoms with E-state index in [1.165, 1.54) is 19.2 Å². The van der Waals surface area contributed by atoms with E-state index in [4.69, 9.17) is 10.5 Å². The molecule has 2 rings (SSSR count). The first-order valence-corrected chi connectivity index (χ1v) is 8.15. The number of rotatable bonds is 6. The van der Waals surface area contributed by atoms with Gasteiger partial charge in [-0.3, -0.25) is 0 Å². The third-order valence-electron chi connectivity index (χ3n) is 2.97. The molecule has 1 heterocycles. The van der Waals surface area contributed by atoms with Crippen molar-refractivity contribution >= 4 is 27.0 Å². The number of ether oxygens (including phenoxy) is 1. The topological polar surface area (TPSA) is 99.2 Å². The summed E-state index contributed by atoms with van der Waals surface area (Å²) in [6, 6.07) is 2.79. The van der Waals surface area contributed by atoms with Crippen LogP contribution in [-0.4, -0.2) is 37.9 Å². The third-order valence-corrected chi connectivity index (χ3v) is 3.70. The van der Waals surface area contributed by atoms with Crippen LogP contribution in [0.25, 0.3) is 11.0 Å². The van der Waals surface area contributed by atoms with Crippen LogP contribution < -0.4 is 15.2 Å². The summed E-state index contributed by atoms with van der Waals surface area (Å²) in [6.45, 7) is 0.746. The fourth-order valence-corrected chi connectivity index (χ4v) is 2.55. The van der Waals surface area contributed by atoms with Crippen molar-refractivity contribution in [3.63, 3.8) is 0 Å². The molecule has 0 unspecified atom stereocenters. The first-order chi connectivity index (χ1) is 9.81. The molecule has 7 nitrogen and oxygen atoms in total. The van der Waals surface area contributed by atoms with Crippen LogP contribution in [0.5, 0.6) is 5.75 Å². The molecule has 1 aromatic carbocycles. The van der Waals surface area contributed by atoms with Gasteiger partial charge in [0.1, 0.15) is 0 Å². The predicted molar refractivity (Wildman–Crippen MR) is 78.1 cm³/mol. The number of nitrogens with one attached hydrogen (secondary N) is 1. The lowest BCUT2D eigenvalue weighted by atomic mass is 10.2. The van der Waals surface area contributed by atoms with Crippen LogP contribution in [0.1, 0.15) is 6.42 Å². The molecule has 2 aromatic rings. The second-order valence-corrected chi connectivity index (χ2v) is 6.45. The van der Waals surface area contributed by atoms with Crippen LogP contribution in [0, 0.1) is 5.82 Å². The largest absolute Gasteiger partial charge is 0.494 e. The van der Waals surface area contributed by atoms with Crippen LogP contribution in [0.4, 0.5) is 10.3 Å². The normalized spacial score (nSPS) is 12.0. The van der Waals surface area contributed by atoms with Crippen molar-refractivity contribution in [2.24, 2.45) is 0 Å². The molecule has 0 aliphatic rings. The number of benzene rings is 1. The Morgan fingerprint density at radius 2 is 2.19 bits per heavy atom. The molecule has 0 saturated carbocycles. The molecule has 21 heavy (non-hydrogen) atoms. The molecule has 0 aliphatic carbocycles. The van der Waals surface area contributed by atoms with Gasteiger partial charge >= 0.3 is 0 Å². The smallest absolute Gasteiger partial charge is 0.208 e. The minimum Gasteiger partial charge on any atom is -0.494 e. The molecule has 0 atom stereocenters. The van der Waals surface area contributed by atoms with Gasteiger partial charge in [0.2, 0.25) is 16.0 Å². The molecule has 0 saturated heterocycles. The maximum Gasteiger partial charge on any atom is 0.208 e. The molecule has 1 aromatic heterocycles. The highest BCUT2D eigenvalue weighted by Crippen LogP contribution is 2.26. The van der Waals surface area contributed by atoms with Gasteiger partial charge in [-0.15, -0.1) is 0 Å². The van der Waals surface area contributed by atoms with E-state index in [1.807, 2.05) is 0 Å². The van der Waals surface area contributed by atoms with Gasteiger partial charge in [-0.2, -0.15) is 0 Å². The minimum absolute atomic E-state index is 0.109. The monoisotopic (exact) mass is 316 g/mol. The van der Waals surface area contributed by atoms with E-state index in [1.54, 1.807) is 4.57 Å². The van der Waals surface area contributed by atoms with E-state index >= 15 is 0 Å². The summed E-state index contributed by atoms with van der Waals surface area (Å²) in [7, 11) is -1.83. The van der Waals surface area contributed by atoms with Crippen LogP contribution in [0.2, 0.25) is 0 Å².